The van der Waals surface area contributed by atoms with E-state index in [0.29, 0.717) is 6.61 Å². The summed E-state index contributed by atoms with van der Waals surface area (Å²) in [5.74, 6) is -0.212. The zero-order chi connectivity index (χ0) is 19.3. The van der Waals surface area contributed by atoms with Crippen LogP contribution in [0.2, 0.25) is 0 Å². The van der Waals surface area contributed by atoms with Crippen LogP contribution in [0.5, 0.6) is 0 Å². The molecule has 1 atom stereocenters. The molecule has 0 bridgehead atoms. The van der Waals surface area contributed by atoms with Crippen LogP contribution in [-0.4, -0.2) is 44.4 Å². The van der Waals surface area contributed by atoms with Gasteiger partial charge in [-0.3, -0.25) is 4.79 Å². The van der Waals surface area contributed by atoms with E-state index in [1.807, 2.05) is 60.8 Å². The smallest absolute Gasteiger partial charge is 0.253 e. The Kier molecular flexibility index (Phi) is 5.11. The van der Waals surface area contributed by atoms with Gasteiger partial charge in [-0.2, -0.15) is 0 Å². The number of methoxy groups -OCH3 is 1. The quantitative estimate of drug-likeness (QED) is 0.535. The lowest BCUT2D eigenvalue weighted by Crippen LogP contribution is -2.27. The van der Waals surface area contributed by atoms with Gasteiger partial charge in [-0.1, -0.05) is 36.4 Å². The molecule has 2 aromatic carbocycles. The number of hydrogen-bond acceptors (Lipinski definition) is 5. The van der Waals surface area contributed by atoms with Crippen molar-refractivity contribution in [3.05, 3.63) is 72.7 Å². The molecule has 0 radical (unpaired) electrons. The molecule has 0 saturated carbocycles. The van der Waals surface area contributed by atoms with Gasteiger partial charge < -0.3 is 14.6 Å². The van der Waals surface area contributed by atoms with Crippen LogP contribution in [0.1, 0.15) is 11.6 Å². The minimum Gasteiger partial charge on any atom is -0.383 e. The predicted molar refractivity (Wildman–Crippen MR) is 105 cm³/mol. The molecule has 0 fully saturated rings. The van der Waals surface area contributed by atoms with Gasteiger partial charge in [0, 0.05) is 25.2 Å². The van der Waals surface area contributed by atoms with E-state index in [1.54, 1.807) is 7.11 Å². The minimum absolute atomic E-state index is 0.212. The highest BCUT2D eigenvalue weighted by atomic mass is 16.5. The lowest BCUT2D eigenvalue weighted by molar-refractivity contribution is -0.118. The molecule has 0 aliphatic heterocycles. The summed E-state index contributed by atoms with van der Waals surface area (Å²) in [6, 6.07) is 16.6. The van der Waals surface area contributed by atoms with Crippen molar-refractivity contribution in [1.29, 1.82) is 0 Å². The molecule has 4 aromatic rings. The van der Waals surface area contributed by atoms with Crippen LogP contribution < -0.4 is 5.32 Å². The van der Waals surface area contributed by atoms with Crippen LogP contribution in [0.25, 0.3) is 10.9 Å². The summed E-state index contributed by atoms with van der Waals surface area (Å²) in [4.78, 5) is 13.2. The summed E-state index contributed by atoms with van der Waals surface area (Å²) in [6.07, 6.45) is 3.44. The van der Waals surface area contributed by atoms with Gasteiger partial charge in [-0.05, 0) is 34.2 Å². The van der Waals surface area contributed by atoms with E-state index >= 15 is 0 Å². The number of rotatable bonds is 7. The molecule has 2 heterocycles. The van der Waals surface area contributed by atoms with Crippen LogP contribution in [-0.2, 0) is 16.1 Å². The van der Waals surface area contributed by atoms with Gasteiger partial charge in [0.15, 0.2) is 6.04 Å². The zero-order valence-electron chi connectivity index (χ0n) is 15.4. The van der Waals surface area contributed by atoms with E-state index in [2.05, 4.69) is 25.4 Å². The molecule has 1 N–H and O–H groups in total. The molecule has 8 heteroatoms. The van der Waals surface area contributed by atoms with Crippen molar-refractivity contribution in [3.8, 4) is 0 Å². The molecular formula is C20H20N6O2. The maximum atomic E-state index is 13.2. The van der Waals surface area contributed by atoms with Crippen molar-refractivity contribution >= 4 is 22.5 Å². The second kappa shape index (κ2) is 8.01. The number of anilines is 1. The normalized spacial score (nSPS) is 12.2. The number of nitrogens with one attached hydrogen (secondary N) is 1. The Labute approximate surface area is 161 Å². The number of carbonyl (C=O) groups is 1. The van der Waals surface area contributed by atoms with Crippen LogP contribution in [0.15, 0.2) is 67.1 Å². The minimum atomic E-state index is -0.665. The van der Waals surface area contributed by atoms with Crippen molar-refractivity contribution in [2.75, 3.05) is 19.0 Å². The molecule has 2 aromatic heterocycles. The fourth-order valence-corrected chi connectivity index (χ4v) is 3.26. The first kappa shape index (κ1) is 17.9. The first-order chi connectivity index (χ1) is 13.8. The highest BCUT2D eigenvalue weighted by Gasteiger charge is 2.24. The lowest BCUT2D eigenvalue weighted by Gasteiger charge is -2.17. The summed E-state index contributed by atoms with van der Waals surface area (Å²) in [5.41, 5.74) is 2.58. The standard InChI is InChI=1S/C20H20N6O2/c1-28-13-12-25-11-10-16-17(8-5-9-18(16)25)22-20(27)19(26-14-21-23-24-26)15-6-3-2-4-7-15/h2-11,14,19H,12-13H2,1H3,(H,22,27). The van der Waals surface area contributed by atoms with E-state index in [0.717, 1.165) is 28.7 Å². The Morgan fingerprint density at radius 3 is 2.75 bits per heavy atom. The summed E-state index contributed by atoms with van der Waals surface area (Å²) in [5, 5.41) is 15.3. The summed E-state index contributed by atoms with van der Waals surface area (Å²) >= 11 is 0. The van der Waals surface area contributed by atoms with Gasteiger partial charge in [-0.15, -0.1) is 5.10 Å². The van der Waals surface area contributed by atoms with Crippen molar-refractivity contribution in [2.24, 2.45) is 0 Å². The Hall–Kier alpha value is -3.52. The largest absolute Gasteiger partial charge is 0.383 e. The second-order valence-electron chi connectivity index (χ2n) is 6.33. The Morgan fingerprint density at radius 2 is 2.00 bits per heavy atom. The number of tetrazole rings is 1. The molecule has 142 valence electrons. The van der Waals surface area contributed by atoms with Gasteiger partial charge >= 0.3 is 0 Å². The number of amides is 1. The van der Waals surface area contributed by atoms with Crippen molar-refractivity contribution in [3.63, 3.8) is 0 Å². The Bertz CT molecular complexity index is 1060. The lowest BCUT2D eigenvalue weighted by atomic mass is 10.1. The van der Waals surface area contributed by atoms with Crippen LogP contribution in [0, 0.1) is 0 Å². The molecule has 4 rings (SSSR count). The topological polar surface area (TPSA) is 86.9 Å². The molecule has 8 nitrogen and oxygen atoms in total. The number of ether oxygens (including phenoxy) is 1. The van der Waals surface area contributed by atoms with Crippen molar-refractivity contribution in [2.45, 2.75) is 12.6 Å². The van der Waals surface area contributed by atoms with Crippen LogP contribution in [0.4, 0.5) is 5.69 Å². The van der Waals surface area contributed by atoms with Crippen LogP contribution >= 0.6 is 0 Å². The number of benzene rings is 2. The molecule has 28 heavy (non-hydrogen) atoms. The molecule has 0 saturated heterocycles. The van der Waals surface area contributed by atoms with E-state index in [-0.39, 0.29) is 5.91 Å². The highest BCUT2D eigenvalue weighted by Crippen LogP contribution is 2.26. The molecule has 1 amide bonds. The zero-order valence-corrected chi connectivity index (χ0v) is 15.4. The molecule has 0 spiro atoms. The number of hydrogen-bond donors (Lipinski definition) is 1. The fourth-order valence-electron chi connectivity index (χ4n) is 3.26. The van der Waals surface area contributed by atoms with Gasteiger partial charge in [0.2, 0.25) is 0 Å². The maximum Gasteiger partial charge on any atom is 0.253 e. The number of nitrogens with zero attached hydrogens (tertiary/aromatic N) is 5. The third kappa shape index (κ3) is 3.49. The highest BCUT2D eigenvalue weighted by molar-refractivity contribution is 6.03. The fraction of sp³-hybridized carbons (Fsp3) is 0.200. The maximum absolute atomic E-state index is 13.2. The van der Waals surface area contributed by atoms with Crippen LogP contribution in [0.3, 0.4) is 0 Å². The predicted octanol–water partition coefficient (Wildman–Crippen LogP) is 2.50. The molecule has 1 unspecified atom stereocenters. The molecular weight excluding hydrogens is 356 g/mol. The number of carbonyl (C=O) groups excluding carboxylic acids is 1. The number of aromatic nitrogens is 5. The van der Waals surface area contributed by atoms with Gasteiger partial charge in [0.05, 0.1) is 17.8 Å². The SMILES string of the molecule is COCCn1ccc2c(NC(=O)C(c3ccccc3)n3cnnn3)cccc21. The Morgan fingerprint density at radius 1 is 1.14 bits per heavy atom. The first-order valence-electron chi connectivity index (χ1n) is 8.93. The molecule has 0 aliphatic rings. The summed E-state index contributed by atoms with van der Waals surface area (Å²) < 4.78 is 8.72. The van der Waals surface area contributed by atoms with Crippen molar-refractivity contribution in [1.82, 2.24) is 24.8 Å². The van der Waals surface area contributed by atoms with Gasteiger partial charge in [0.25, 0.3) is 5.91 Å². The first-order valence-corrected chi connectivity index (χ1v) is 8.93. The van der Waals surface area contributed by atoms with Crippen molar-refractivity contribution < 1.29 is 9.53 Å². The summed E-state index contributed by atoms with van der Waals surface area (Å²) in [7, 11) is 1.68. The summed E-state index contributed by atoms with van der Waals surface area (Å²) in [6.45, 7) is 1.37. The third-order valence-corrected chi connectivity index (χ3v) is 4.60. The van der Waals surface area contributed by atoms with E-state index in [9.17, 15) is 4.79 Å². The molecule has 0 aliphatic carbocycles. The Balaban J connectivity index is 1.66. The van der Waals surface area contributed by atoms with E-state index < -0.39 is 6.04 Å². The average molecular weight is 376 g/mol. The monoisotopic (exact) mass is 376 g/mol. The van der Waals surface area contributed by atoms with Gasteiger partial charge in [0.1, 0.15) is 6.33 Å². The average Bonchev–Trinajstić information content (AvgIpc) is 3.38. The third-order valence-electron chi connectivity index (χ3n) is 4.60. The van der Waals surface area contributed by atoms with E-state index in [4.69, 9.17) is 4.74 Å². The van der Waals surface area contributed by atoms with Gasteiger partial charge in [-0.25, -0.2) is 4.68 Å². The second-order valence-corrected chi connectivity index (χ2v) is 6.33. The number of fused-ring (bicyclic) bond motifs is 1. The van der Waals surface area contributed by atoms with E-state index in [1.165, 1.54) is 11.0 Å².